The number of ether oxygens (including phenoxy) is 2. The van der Waals surface area contributed by atoms with E-state index in [1.807, 2.05) is 47.9 Å². The quantitative estimate of drug-likeness (QED) is 0.265. The van der Waals surface area contributed by atoms with Crippen LogP contribution in [0.25, 0.3) is 16.6 Å². The minimum absolute atomic E-state index is 0.457. The Hall–Kier alpha value is -4.32. The van der Waals surface area contributed by atoms with Gasteiger partial charge in [0.25, 0.3) is 0 Å². The molecule has 4 rings (SSSR count). The van der Waals surface area contributed by atoms with Crippen LogP contribution >= 0.6 is 0 Å². The van der Waals surface area contributed by atoms with Gasteiger partial charge >= 0.3 is 0 Å². The summed E-state index contributed by atoms with van der Waals surface area (Å²) in [5, 5.41) is 0. The van der Waals surface area contributed by atoms with Crippen molar-refractivity contribution in [3.05, 3.63) is 102 Å². The lowest BCUT2D eigenvalue weighted by molar-refractivity contribution is 0.284. The molecule has 0 fully saturated rings. The number of fused-ring (bicyclic) bond motifs is 1. The fourth-order valence-electron chi connectivity index (χ4n) is 4.09. The van der Waals surface area contributed by atoms with Gasteiger partial charge in [0.2, 0.25) is 5.95 Å². The Balaban J connectivity index is 1.54. The Morgan fingerprint density at radius 2 is 1.78 bits per heavy atom. The molecule has 0 spiro atoms. The van der Waals surface area contributed by atoms with Crippen molar-refractivity contribution < 1.29 is 9.47 Å². The van der Waals surface area contributed by atoms with Gasteiger partial charge in [-0.05, 0) is 65.4 Å². The molecular formula is C30H32N4O2. The number of aryl methyl sites for hydroxylation is 1. The largest absolute Gasteiger partial charge is 0.493 e. The van der Waals surface area contributed by atoms with E-state index in [1.54, 1.807) is 13.3 Å². The summed E-state index contributed by atoms with van der Waals surface area (Å²) in [6, 6.07) is 20.5. The van der Waals surface area contributed by atoms with Crippen LogP contribution in [-0.4, -0.2) is 22.9 Å². The number of hydrogen-bond acceptors (Lipinski definition) is 5. The van der Waals surface area contributed by atoms with Crippen molar-refractivity contribution in [1.82, 2.24) is 9.55 Å². The molecule has 0 bridgehead atoms. The maximum atomic E-state index is 6.31. The van der Waals surface area contributed by atoms with Gasteiger partial charge in [-0.15, -0.1) is 0 Å². The number of methoxy groups -OCH3 is 1. The molecule has 1 heterocycles. The highest BCUT2D eigenvalue weighted by molar-refractivity contribution is 6.10. The first-order valence-corrected chi connectivity index (χ1v) is 12.0. The van der Waals surface area contributed by atoms with Crippen molar-refractivity contribution in [3.8, 4) is 11.5 Å². The highest BCUT2D eigenvalue weighted by Gasteiger charge is 2.13. The second-order valence-corrected chi connectivity index (χ2v) is 8.41. The fraction of sp³-hybridized carbons (Fsp3) is 0.200. The molecule has 0 saturated carbocycles. The molecule has 0 aliphatic carbocycles. The third-order valence-corrected chi connectivity index (χ3v) is 6.14. The fourth-order valence-corrected chi connectivity index (χ4v) is 4.09. The molecule has 6 nitrogen and oxygen atoms in total. The molecule has 0 aliphatic heterocycles. The summed E-state index contributed by atoms with van der Waals surface area (Å²) in [7, 11) is 1.65. The summed E-state index contributed by atoms with van der Waals surface area (Å²) in [6.45, 7) is 8.80. The van der Waals surface area contributed by atoms with Crippen molar-refractivity contribution in [2.24, 2.45) is 4.99 Å². The molecule has 0 unspecified atom stereocenters. The summed E-state index contributed by atoms with van der Waals surface area (Å²) in [5.74, 6) is 1.84. The number of anilines is 1. The van der Waals surface area contributed by atoms with Crippen LogP contribution in [0.5, 0.6) is 11.5 Å². The highest BCUT2D eigenvalue weighted by atomic mass is 16.5. The van der Waals surface area contributed by atoms with Gasteiger partial charge in [-0.25, -0.2) is 4.98 Å². The second-order valence-electron chi connectivity index (χ2n) is 8.41. The van der Waals surface area contributed by atoms with Gasteiger partial charge in [0, 0.05) is 12.4 Å². The number of aliphatic imine (C=N–C) groups is 1. The predicted molar refractivity (Wildman–Crippen MR) is 149 cm³/mol. The van der Waals surface area contributed by atoms with E-state index >= 15 is 0 Å². The average Bonchev–Trinajstić information content (AvgIpc) is 3.22. The molecule has 4 aromatic rings. The third-order valence-electron chi connectivity index (χ3n) is 6.14. The van der Waals surface area contributed by atoms with Crippen molar-refractivity contribution in [2.45, 2.75) is 33.4 Å². The first kappa shape index (κ1) is 24.8. The Bertz CT molecular complexity index is 1420. The van der Waals surface area contributed by atoms with Crippen LogP contribution in [-0.2, 0) is 19.6 Å². The zero-order valence-corrected chi connectivity index (χ0v) is 21.1. The van der Waals surface area contributed by atoms with Crippen molar-refractivity contribution in [2.75, 3.05) is 12.8 Å². The first-order chi connectivity index (χ1) is 17.6. The third kappa shape index (κ3) is 5.49. The molecule has 3 aromatic carbocycles. The summed E-state index contributed by atoms with van der Waals surface area (Å²) >= 11 is 0. The summed E-state index contributed by atoms with van der Waals surface area (Å²) in [4.78, 5) is 8.73. The van der Waals surface area contributed by atoms with E-state index in [9.17, 15) is 0 Å². The van der Waals surface area contributed by atoms with E-state index in [2.05, 4.69) is 53.8 Å². The minimum atomic E-state index is 0.457. The van der Waals surface area contributed by atoms with Crippen molar-refractivity contribution in [1.29, 1.82) is 0 Å². The van der Waals surface area contributed by atoms with E-state index in [0.717, 1.165) is 39.7 Å². The van der Waals surface area contributed by atoms with Crippen LogP contribution in [0.4, 0.5) is 5.95 Å². The lowest BCUT2D eigenvalue weighted by Crippen LogP contribution is -2.05. The standard InChI is InChI=1S/C30H32N4O2/c1-5-21-8-10-22(11-9-21)20-36-28-15-12-23(16-29(28)35-4)19-34-27-14-13-25(17-26(27)33-30(34)31)24(6-2)18-32-7-3/h6-18H,3,5,19-20H2,1-2,4H3,(H2,31,33)/b24-6+,32-18?. The Morgan fingerprint density at radius 1 is 1.03 bits per heavy atom. The maximum Gasteiger partial charge on any atom is 0.201 e. The molecule has 36 heavy (non-hydrogen) atoms. The lowest BCUT2D eigenvalue weighted by Gasteiger charge is -2.14. The SMILES string of the molecule is C=CN=C/C(=C\C)c1ccc2c(c1)nc(N)n2Cc1ccc(OCc2ccc(CC)cc2)c(OC)c1. The molecule has 2 N–H and O–H groups in total. The van der Waals surface area contributed by atoms with Gasteiger partial charge in [0.15, 0.2) is 11.5 Å². The van der Waals surface area contributed by atoms with E-state index in [0.29, 0.717) is 30.6 Å². The normalized spacial score (nSPS) is 11.8. The molecule has 1 aromatic heterocycles. The number of aromatic nitrogens is 2. The smallest absolute Gasteiger partial charge is 0.201 e. The van der Waals surface area contributed by atoms with Gasteiger partial charge in [-0.3, -0.25) is 4.99 Å². The minimum Gasteiger partial charge on any atom is -0.493 e. The Labute approximate surface area is 212 Å². The zero-order chi connectivity index (χ0) is 25.5. The molecular weight excluding hydrogens is 448 g/mol. The van der Waals surface area contributed by atoms with Crippen LogP contribution in [0.3, 0.4) is 0 Å². The first-order valence-electron chi connectivity index (χ1n) is 12.0. The van der Waals surface area contributed by atoms with Crippen molar-refractivity contribution in [3.63, 3.8) is 0 Å². The monoisotopic (exact) mass is 480 g/mol. The van der Waals surface area contributed by atoms with Crippen LogP contribution in [0.1, 0.15) is 36.1 Å². The van der Waals surface area contributed by atoms with Gasteiger partial charge in [-0.2, -0.15) is 0 Å². The number of rotatable bonds is 10. The van der Waals surface area contributed by atoms with Gasteiger partial charge in [0.05, 0.1) is 24.7 Å². The number of nitrogen functional groups attached to an aromatic ring is 1. The Kier molecular flexibility index (Phi) is 7.85. The molecule has 6 heteroatoms. The Morgan fingerprint density at radius 3 is 2.47 bits per heavy atom. The average molecular weight is 481 g/mol. The van der Waals surface area contributed by atoms with Gasteiger partial charge < -0.3 is 19.8 Å². The number of nitrogens with two attached hydrogens (primary N) is 1. The number of benzene rings is 3. The van der Waals surface area contributed by atoms with Crippen LogP contribution in [0.2, 0.25) is 0 Å². The maximum absolute atomic E-state index is 6.31. The summed E-state index contributed by atoms with van der Waals surface area (Å²) in [5.41, 5.74) is 13.6. The summed E-state index contributed by atoms with van der Waals surface area (Å²) < 4.78 is 13.7. The number of imidazole rings is 1. The highest BCUT2D eigenvalue weighted by Crippen LogP contribution is 2.30. The zero-order valence-electron chi connectivity index (χ0n) is 21.1. The molecule has 0 saturated heterocycles. The second kappa shape index (κ2) is 11.4. The topological polar surface area (TPSA) is 74.7 Å². The van der Waals surface area contributed by atoms with E-state index in [4.69, 9.17) is 15.2 Å². The van der Waals surface area contributed by atoms with Crippen molar-refractivity contribution >= 4 is 28.8 Å². The predicted octanol–water partition coefficient (Wildman–Crippen LogP) is 6.43. The number of nitrogens with zero attached hydrogens (tertiary/aromatic N) is 3. The van der Waals surface area contributed by atoms with Crippen LogP contribution in [0.15, 0.2) is 84.5 Å². The van der Waals surface area contributed by atoms with E-state index in [1.165, 1.54) is 11.8 Å². The van der Waals surface area contributed by atoms with Gasteiger partial charge in [-0.1, -0.05) is 56.0 Å². The van der Waals surface area contributed by atoms with E-state index < -0.39 is 0 Å². The van der Waals surface area contributed by atoms with Crippen LogP contribution < -0.4 is 15.2 Å². The van der Waals surface area contributed by atoms with Gasteiger partial charge in [0.1, 0.15) is 6.61 Å². The number of hydrogen-bond donors (Lipinski definition) is 1. The molecule has 0 amide bonds. The number of allylic oxidation sites excluding steroid dienone is 2. The summed E-state index contributed by atoms with van der Waals surface area (Å²) in [6.07, 6.45) is 6.33. The molecule has 0 radical (unpaired) electrons. The lowest BCUT2D eigenvalue weighted by atomic mass is 10.1. The molecule has 0 aliphatic rings. The molecule has 0 atom stereocenters. The van der Waals surface area contributed by atoms with E-state index in [-0.39, 0.29) is 0 Å². The van der Waals surface area contributed by atoms with Crippen LogP contribution in [0, 0.1) is 0 Å². The molecule has 184 valence electrons.